The van der Waals surface area contributed by atoms with Gasteiger partial charge >= 0.3 is 17.9 Å². The molecule has 0 aromatic carbocycles. The van der Waals surface area contributed by atoms with Gasteiger partial charge in [0.1, 0.15) is 6.61 Å². The van der Waals surface area contributed by atoms with E-state index in [1.807, 2.05) is 0 Å². The molecule has 0 amide bonds. The van der Waals surface area contributed by atoms with Gasteiger partial charge in [0.15, 0.2) is 5.60 Å². The minimum atomic E-state index is -1.39. The molecule has 0 aliphatic heterocycles. The van der Waals surface area contributed by atoms with E-state index in [1.165, 1.54) is 6.92 Å². The summed E-state index contributed by atoms with van der Waals surface area (Å²) < 4.78 is 10.2. The first-order chi connectivity index (χ1) is 9.78. The number of hydrogen-bond acceptors (Lipinski definition) is 5. The molecule has 1 aliphatic carbocycles. The van der Waals surface area contributed by atoms with Crippen molar-refractivity contribution in [3.8, 4) is 0 Å². The standard InChI is InChI=1S/C14H20O7/c1-9(2)12(17)20-7-8-21-14(13(18)19)5-3-10(4-6-14)11(15)16/h10H,1,3-8H2,2H3,(H,15,16)(H,18,19). The lowest BCUT2D eigenvalue weighted by molar-refractivity contribution is -0.177. The largest absolute Gasteiger partial charge is 0.481 e. The fourth-order valence-corrected chi connectivity index (χ4v) is 2.25. The lowest BCUT2D eigenvalue weighted by atomic mass is 9.78. The number of carbonyl (C=O) groups excluding carboxylic acids is 1. The van der Waals surface area contributed by atoms with Gasteiger partial charge in [-0.2, -0.15) is 0 Å². The molecule has 0 spiro atoms. The molecule has 1 aliphatic rings. The number of hydrogen-bond donors (Lipinski definition) is 2. The Morgan fingerprint density at radius 2 is 1.76 bits per heavy atom. The summed E-state index contributed by atoms with van der Waals surface area (Å²) in [4.78, 5) is 33.4. The van der Waals surface area contributed by atoms with Crippen LogP contribution in [-0.2, 0) is 23.9 Å². The van der Waals surface area contributed by atoms with Crippen molar-refractivity contribution < 1.29 is 34.1 Å². The molecule has 7 heteroatoms. The summed E-state index contributed by atoms with van der Waals surface area (Å²) >= 11 is 0. The minimum absolute atomic E-state index is 0.0525. The van der Waals surface area contributed by atoms with Crippen LogP contribution < -0.4 is 0 Å². The van der Waals surface area contributed by atoms with Crippen molar-refractivity contribution in [1.82, 2.24) is 0 Å². The van der Waals surface area contributed by atoms with Crippen LogP contribution in [0.25, 0.3) is 0 Å². The van der Waals surface area contributed by atoms with Crippen LogP contribution in [-0.4, -0.2) is 46.9 Å². The molecule has 118 valence electrons. The van der Waals surface area contributed by atoms with E-state index < -0.39 is 29.4 Å². The molecule has 1 rings (SSSR count). The van der Waals surface area contributed by atoms with E-state index in [1.54, 1.807) is 0 Å². The quantitative estimate of drug-likeness (QED) is 0.413. The monoisotopic (exact) mass is 300 g/mol. The maximum Gasteiger partial charge on any atom is 0.335 e. The van der Waals surface area contributed by atoms with E-state index in [9.17, 15) is 19.5 Å². The molecule has 0 aromatic rings. The summed E-state index contributed by atoms with van der Waals surface area (Å²) in [5.41, 5.74) is -1.13. The molecule has 0 atom stereocenters. The summed E-state index contributed by atoms with van der Waals surface area (Å²) in [7, 11) is 0. The number of esters is 1. The van der Waals surface area contributed by atoms with Crippen LogP contribution >= 0.6 is 0 Å². The van der Waals surface area contributed by atoms with Crippen molar-refractivity contribution >= 4 is 17.9 Å². The fraction of sp³-hybridized carbons (Fsp3) is 0.643. The molecule has 0 heterocycles. The topological polar surface area (TPSA) is 110 Å². The van der Waals surface area contributed by atoms with Crippen molar-refractivity contribution in [3.63, 3.8) is 0 Å². The number of carboxylic acid groups (broad SMARTS) is 2. The maximum absolute atomic E-state index is 11.4. The summed E-state index contributed by atoms with van der Waals surface area (Å²) in [5, 5.41) is 18.2. The highest BCUT2D eigenvalue weighted by Gasteiger charge is 2.44. The van der Waals surface area contributed by atoms with Gasteiger partial charge in [-0.1, -0.05) is 6.58 Å². The fourth-order valence-electron chi connectivity index (χ4n) is 2.25. The zero-order valence-electron chi connectivity index (χ0n) is 12.0. The van der Waals surface area contributed by atoms with Crippen LogP contribution in [0.4, 0.5) is 0 Å². The Hall–Kier alpha value is -1.89. The van der Waals surface area contributed by atoms with E-state index in [2.05, 4.69) is 6.58 Å². The Labute approximate surface area is 122 Å². The number of aliphatic carboxylic acids is 2. The molecule has 7 nitrogen and oxygen atoms in total. The third kappa shape index (κ3) is 4.56. The molecule has 2 N–H and O–H groups in total. The SMILES string of the molecule is C=C(C)C(=O)OCCOC1(C(=O)O)CCC(C(=O)O)CC1. The number of ether oxygens (including phenoxy) is 2. The Kier molecular flexibility index (Phi) is 5.90. The number of rotatable bonds is 7. The molecule has 0 saturated heterocycles. The van der Waals surface area contributed by atoms with Crippen LogP contribution in [0, 0.1) is 5.92 Å². The summed E-state index contributed by atoms with van der Waals surface area (Å²) in [6.07, 6.45) is 0.780. The zero-order valence-corrected chi connectivity index (χ0v) is 12.0. The average Bonchev–Trinajstić information content (AvgIpc) is 2.43. The van der Waals surface area contributed by atoms with Gasteiger partial charge in [0.05, 0.1) is 12.5 Å². The molecular formula is C14H20O7. The third-order valence-electron chi connectivity index (χ3n) is 3.58. The number of carbonyl (C=O) groups is 3. The first-order valence-electron chi connectivity index (χ1n) is 6.71. The second-order valence-electron chi connectivity index (χ2n) is 5.18. The Balaban J connectivity index is 2.48. The summed E-state index contributed by atoms with van der Waals surface area (Å²) in [5.74, 6) is -3.11. The van der Waals surface area contributed by atoms with Crippen LogP contribution in [0.2, 0.25) is 0 Å². The lowest BCUT2D eigenvalue weighted by Gasteiger charge is -2.35. The lowest BCUT2D eigenvalue weighted by Crippen LogP contribution is -2.46. The van der Waals surface area contributed by atoms with E-state index in [4.69, 9.17) is 14.6 Å². The van der Waals surface area contributed by atoms with Crippen molar-refractivity contribution in [2.24, 2.45) is 5.92 Å². The summed E-state index contributed by atoms with van der Waals surface area (Å²) in [6, 6.07) is 0. The smallest absolute Gasteiger partial charge is 0.335 e. The maximum atomic E-state index is 11.4. The first kappa shape index (κ1) is 17.2. The van der Waals surface area contributed by atoms with E-state index in [-0.39, 0.29) is 44.5 Å². The third-order valence-corrected chi connectivity index (χ3v) is 3.58. The van der Waals surface area contributed by atoms with Gasteiger partial charge in [0.25, 0.3) is 0 Å². The van der Waals surface area contributed by atoms with Gasteiger partial charge < -0.3 is 19.7 Å². The van der Waals surface area contributed by atoms with Crippen molar-refractivity contribution in [1.29, 1.82) is 0 Å². The molecule has 0 aromatic heterocycles. The van der Waals surface area contributed by atoms with Crippen molar-refractivity contribution in [2.75, 3.05) is 13.2 Å². The second-order valence-corrected chi connectivity index (χ2v) is 5.18. The average molecular weight is 300 g/mol. The summed E-state index contributed by atoms with van der Waals surface area (Å²) in [6.45, 7) is 4.82. The highest BCUT2D eigenvalue weighted by molar-refractivity contribution is 5.86. The van der Waals surface area contributed by atoms with Gasteiger partial charge in [-0.15, -0.1) is 0 Å². The van der Waals surface area contributed by atoms with Crippen LogP contribution in [0.1, 0.15) is 32.6 Å². The molecule has 1 saturated carbocycles. The van der Waals surface area contributed by atoms with Crippen LogP contribution in [0.3, 0.4) is 0 Å². The normalized spacial score (nSPS) is 25.1. The Bertz CT molecular complexity index is 433. The van der Waals surface area contributed by atoms with Gasteiger partial charge in [-0.3, -0.25) is 4.79 Å². The zero-order chi connectivity index (χ0) is 16.0. The van der Waals surface area contributed by atoms with Crippen molar-refractivity contribution in [2.45, 2.75) is 38.2 Å². The molecular weight excluding hydrogens is 280 g/mol. The highest BCUT2D eigenvalue weighted by Crippen LogP contribution is 2.35. The van der Waals surface area contributed by atoms with Crippen LogP contribution in [0.5, 0.6) is 0 Å². The number of carboxylic acids is 2. The molecule has 0 radical (unpaired) electrons. The van der Waals surface area contributed by atoms with Gasteiger partial charge in [-0.05, 0) is 32.6 Å². The van der Waals surface area contributed by atoms with Gasteiger partial charge in [0, 0.05) is 5.57 Å². The van der Waals surface area contributed by atoms with Crippen LogP contribution in [0.15, 0.2) is 12.2 Å². The minimum Gasteiger partial charge on any atom is -0.481 e. The van der Waals surface area contributed by atoms with Gasteiger partial charge in [0.2, 0.25) is 0 Å². The predicted octanol–water partition coefficient (Wildman–Crippen LogP) is 1.22. The van der Waals surface area contributed by atoms with E-state index >= 15 is 0 Å². The van der Waals surface area contributed by atoms with E-state index in [0.717, 1.165) is 0 Å². The molecule has 1 fully saturated rings. The Morgan fingerprint density at radius 3 is 2.19 bits per heavy atom. The Morgan fingerprint density at radius 1 is 1.19 bits per heavy atom. The molecule has 0 bridgehead atoms. The van der Waals surface area contributed by atoms with E-state index in [0.29, 0.717) is 0 Å². The van der Waals surface area contributed by atoms with Gasteiger partial charge in [-0.25, -0.2) is 9.59 Å². The second kappa shape index (κ2) is 7.21. The van der Waals surface area contributed by atoms with Crippen molar-refractivity contribution in [3.05, 3.63) is 12.2 Å². The molecule has 21 heavy (non-hydrogen) atoms. The molecule has 0 unspecified atom stereocenters. The predicted molar refractivity (Wildman–Crippen MR) is 71.7 cm³/mol. The first-order valence-corrected chi connectivity index (χ1v) is 6.71. The highest BCUT2D eigenvalue weighted by atomic mass is 16.6.